The lowest BCUT2D eigenvalue weighted by Gasteiger charge is -2.07. The Balaban J connectivity index is 0.000000195. The molecule has 0 aliphatic rings. The molecule has 1 aromatic heterocycles. The predicted molar refractivity (Wildman–Crippen MR) is 125 cm³/mol. The third-order valence-electron chi connectivity index (χ3n) is 4.03. The first-order chi connectivity index (χ1) is 15.3. The fourth-order valence-corrected chi connectivity index (χ4v) is 6.78. The number of rotatable bonds is 5. The number of nitro groups is 1. The zero-order chi connectivity index (χ0) is 23.1. The molecule has 32 heavy (non-hydrogen) atoms. The Kier molecular flexibility index (Phi) is 8.05. The average Bonchev–Trinajstić information content (AvgIpc) is 3.19. The highest BCUT2D eigenvalue weighted by molar-refractivity contribution is 7.97. The third kappa shape index (κ3) is 6.18. The highest BCUT2D eigenvalue weighted by atomic mass is 35.5. The number of benzene rings is 3. The summed E-state index contributed by atoms with van der Waals surface area (Å²) in [6, 6.07) is 32.8. The van der Waals surface area contributed by atoms with Crippen molar-refractivity contribution in [1.29, 1.82) is 0 Å². The van der Waals surface area contributed by atoms with Gasteiger partial charge in [0.15, 0.2) is 19.0 Å². The van der Waals surface area contributed by atoms with Crippen LogP contribution in [0.3, 0.4) is 0 Å². The summed E-state index contributed by atoms with van der Waals surface area (Å²) in [6.07, 6.45) is 0. The van der Waals surface area contributed by atoms with E-state index in [1.807, 2.05) is 0 Å². The summed E-state index contributed by atoms with van der Waals surface area (Å²) in [7, 11) is -4.67. The van der Waals surface area contributed by atoms with Crippen LogP contribution in [0.25, 0.3) is 0 Å². The van der Waals surface area contributed by atoms with Gasteiger partial charge in [0.05, 0.1) is 15.8 Å². The maximum absolute atomic E-state index is 10.4. The van der Waals surface area contributed by atoms with Crippen molar-refractivity contribution in [2.75, 3.05) is 0 Å². The molecule has 4 aromatic rings. The van der Waals surface area contributed by atoms with Crippen LogP contribution in [0.1, 0.15) is 0 Å². The van der Waals surface area contributed by atoms with Gasteiger partial charge in [-0.05, 0) is 36.4 Å². The van der Waals surface area contributed by atoms with Crippen LogP contribution in [0.5, 0.6) is 0 Å². The molecule has 0 fully saturated rings. The zero-order valence-electron chi connectivity index (χ0n) is 16.3. The molecule has 0 N–H and O–H groups in total. The molecule has 0 bridgehead atoms. The second-order valence-electron chi connectivity index (χ2n) is 6.18. The molecule has 164 valence electrons. The van der Waals surface area contributed by atoms with E-state index >= 15 is 0 Å². The second kappa shape index (κ2) is 10.8. The van der Waals surface area contributed by atoms with E-state index in [4.69, 9.17) is 11.6 Å². The minimum atomic E-state index is -4.66. The molecule has 0 saturated heterocycles. The third-order valence-corrected chi connectivity index (χ3v) is 8.86. The van der Waals surface area contributed by atoms with Gasteiger partial charge in [-0.3, -0.25) is 10.1 Å². The lowest BCUT2D eigenvalue weighted by Crippen LogP contribution is -2.04. The lowest BCUT2D eigenvalue weighted by molar-refractivity contribution is -0.384. The Hall–Kier alpha value is -2.69. The van der Waals surface area contributed by atoms with E-state index in [-0.39, 0.29) is 15.2 Å². The van der Waals surface area contributed by atoms with Crippen molar-refractivity contribution >= 4 is 49.6 Å². The molecule has 0 saturated carbocycles. The maximum Gasteiger partial charge on any atom is 0.300 e. The molecule has 3 aromatic carbocycles. The fraction of sp³-hybridized carbons (Fsp3) is 0. The standard InChI is InChI=1S/C18H15S.C4H2ClNO5S2/c1-4-10-16(11-5-1)19(17-12-6-2-7-13-17)18-14-8-3-9-15-18;5-4-2(6(7)8)1-3(12-4)13(9,10)11/h1-15H;1H,(H,9,10,11)/q+1;/p-1. The Labute approximate surface area is 197 Å². The van der Waals surface area contributed by atoms with Gasteiger partial charge in [-0.15, -0.1) is 11.3 Å². The summed E-state index contributed by atoms with van der Waals surface area (Å²) < 4.78 is 30.2. The molecular weight excluding hydrogens is 490 g/mol. The monoisotopic (exact) mass is 505 g/mol. The van der Waals surface area contributed by atoms with Gasteiger partial charge >= 0.3 is 0 Å². The van der Waals surface area contributed by atoms with Crippen LogP contribution in [-0.2, 0) is 21.0 Å². The van der Waals surface area contributed by atoms with Crippen LogP contribution in [0, 0.1) is 10.1 Å². The van der Waals surface area contributed by atoms with E-state index in [1.54, 1.807) is 0 Å². The van der Waals surface area contributed by atoms with Gasteiger partial charge < -0.3 is 4.55 Å². The molecule has 1 heterocycles. The van der Waals surface area contributed by atoms with E-state index in [0.29, 0.717) is 17.4 Å². The number of nitrogens with zero attached hydrogens (tertiary/aromatic N) is 1. The van der Waals surface area contributed by atoms with Gasteiger partial charge in [0.25, 0.3) is 5.69 Å². The van der Waals surface area contributed by atoms with Gasteiger partial charge in [-0.25, -0.2) is 8.42 Å². The molecule has 0 spiro atoms. The molecule has 0 aliphatic carbocycles. The van der Waals surface area contributed by atoms with E-state index in [1.165, 1.54) is 14.7 Å². The molecule has 0 atom stereocenters. The topological polar surface area (TPSA) is 100 Å². The van der Waals surface area contributed by atoms with Crippen LogP contribution >= 0.6 is 22.9 Å². The van der Waals surface area contributed by atoms with Crippen molar-refractivity contribution in [3.8, 4) is 0 Å². The minimum Gasteiger partial charge on any atom is -0.743 e. The van der Waals surface area contributed by atoms with Crippen molar-refractivity contribution in [1.82, 2.24) is 0 Å². The minimum absolute atomic E-state index is 0.0146. The summed E-state index contributed by atoms with van der Waals surface area (Å²) in [4.78, 5) is 13.4. The summed E-state index contributed by atoms with van der Waals surface area (Å²) >= 11 is 5.69. The van der Waals surface area contributed by atoms with E-state index in [2.05, 4.69) is 91.0 Å². The Morgan fingerprint density at radius 1 is 0.781 bits per heavy atom. The van der Waals surface area contributed by atoms with E-state index < -0.39 is 24.9 Å². The fourth-order valence-electron chi connectivity index (χ4n) is 2.66. The number of hydrogen-bond donors (Lipinski definition) is 0. The quantitative estimate of drug-likeness (QED) is 0.143. The largest absolute Gasteiger partial charge is 0.743 e. The molecule has 10 heteroatoms. The van der Waals surface area contributed by atoms with Crippen molar-refractivity contribution in [2.24, 2.45) is 0 Å². The highest BCUT2D eigenvalue weighted by Crippen LogP contribution is 2.36. The normalized spacial score (nSPS) is 11.0. The molecule has 4 rings (SSSR count). The van der Waals surface area contributed by atoms with Crippen LogP contribution in [0.15, 0.2) is 116 Å². The van der Waals surface area contributed by atoms with Crippen molar-refractivity contribution in [2.45, 2.75) is 18.9 Å². The van der Waals surface area contributed by atoms with Crippen molar-refractivity contribution in [3.05, 3.63) is 112 Å². The van der Waals surface area contributed by atoms with E-state index in [0.717, 1.165) is 0 Å². The smallest absolute Gasteiger partial charge is 0.300 e. The summed E-state index contributed by atoms with van der Waals surface area (Å²) in [5.41, 5.74) is -0.568. The predicted octanol–water partition coefficient (Wildman–Crippen LogP) is 6.00. The Morgan fingerprint density at radius 3 is 1.41 bits per heavy atom. The van der Waals surface area contributed by atoms with Gasteiger partial charge in [0.2, 0.25) is 0 Å². The Bertz CT molecular complexity index is 1190. The molecule has 0 radical (unpaired) electrons. The first-order valence-corrected chi connectivity index (χ1v) is 12.9. The molecule has 0 amide bonds. The zero-order valence-corrected chi connectivity index (χ0v) is 19.5. The summed E-state index contributed by atoms with van der Waals surface area (Å²) in [5, 5.41) is 10.2. The van der Waals surface area contributed by atoms with Crippen LogP contribution in [0.2, 0.25) is 4.34 Å². The summed E-state index contributed by atoms with van der Waals surface area (Å²) in [6.45, 7) is 0. The SMILES string of the molecule is O=[N+]([O-])c1cc(S(=O)(=O)[O-])sc1Cl.c1ccc([S+](c2ccccc2)c2ccccc2)cc1. The second-order valence-corrected chi connectivity index (χ2v) is 11.5. The number of halogens is 1. The van der Waals surface area contributed by atoms with Gasteiger partial charge in [-0.2, -0.15) is 0 Å². The average molecular weight is 506 g/mol. The lowest BCUT2D eigenvalue weighted by atomic mass is 10.4. The molecular formula is C22H16ClNO5S3. The van der Waals surface area contributed by atoms with Crippen molar-refractivity contribution in [3.63, 3.8) is 0 Å². The molecule has 0 unspecified atom stereocenters. The van der Waals surface area contributed by atoms with Gasteiger partial charge in [-0.1, -0.05) is 66.2 Å². The maximum atomic E-state index is 10.4. The van der Waals surface area contributed by atoms with Crippen LogP contribution in [0.4, 0.5) is 5.69 Å². The number of hydrogen-bond acceptors (Lipinski definition) is 6. The van der Waals surface area contributed by atoms with E-state index in [9.17, 15) is 23.1 Å². The number of thiophene rings is 1. The van der Waals surface area contributed by atoms with Crippen LogP contribution in [-0.4, -0.2) is 17.9 Å². The first-order valence-electron chi connectivity index (χ1n) is 9.06. The Morgan fingerprint density at radius 2 is 1.16 bits per heavy atom. The van der Waals surface area contributed by atoms with Crippen LogP contribution < -0.4 is 0 Å². The summed E-state index contributed by atoms with van der Waals surface area (Å²) in [5.74, 6) is 0. The van der Waals surface area contributed by atoms with Gasteiger partial charge in [0.1, 0.15) is 14.3 Å². The first kappa shape index (κ1) is 24.0. The molecule has 6 nitrogen and oxygen atoms in total. The molecule has 0 aliphatic heterocycles. The highest BCUT2D eigenvalue weighted by Gasteiger charge is 2.27. The van der Waals surface area contributed by atoms with Gasteiger partial charge in [0, 0.05) is 6.07 Å². The van der Waals surface area contributed by atoms with Crippen molar-refractivity contribution < 1.29 is 17.9 Å².